The minimum Gasteiger partial charge on any atom is -0.491 e. The fourth-order valence-electron chi connectivity index (χ4n) is 2.47. The highest BCUT2D eigenvalue weighted by molar-refractivity contribution is 5.71. The van der Waals surface area contributed by atoms with Crippen LogP contribution >= 0.6 is 0 Å². The monoisotopic (exact) mass is 280 g/mol. The van der Waals surface area contributed by atoms with Gasteiger partial charge >= 0.3 is 0 Å². The number of anilines is 2. The normalized spacial score (nSPS) is 13.9. The Morgan fingerprint density at radius 1 is 1.24 bits per heavy atom. The highest BCUT2D eigenvalue weighted by Crippen LogP contribution is 2.36. The molecular weight excluding hydrogens is 264 g/mol. The van der Waals surface area contributed by atoms with Crippen molar-refractivity contribution in [3.8, 4) is 11.8 Å². The SMILES string of the molecule is Cc1nnc(N2CCCOc3ccccc32)c(C#N)c1C. The van der Waals surface area contributed by atoms with E-state index >= 15 is 0 Å². The van der Waals surface area contributed by atoms with Crippen molar-refractivity contribution in [2.45, 2.75) is 20.3 Å². The van der Waals surface area contributed by atoms with Crippen LogP contribution in [0.3, 0.4) is 0 Å². The van der Waals surface area contributed by atoms with Gasteiger partial charge < -0.3 is 9.64 Å². The Morgan fingerprint density at radius 2 is 2.05 bits per heavy atom. The summed E-state index contributed by atoms with van der Waals surface area (Å²) in [6, 6.07) is 10.1. The van der Waals surface area contributed by atoms with Crippen LogP contribution in [-0.2, 0) is 0 Å². The average molecular weight is 280 g/mol. The second-order valence-electron chi connectivity index (χ2n) is 5.04. The Kier molecular flexibility index (Phi) is 3.44. The van der Waals surface area contributed by atoms with E-state index < -0.39 is 0 Å². The zero-order valence-corrected chi connectivity index (χ0v) is 12.1. The van der Waals surface area contributed by atoms with Crippen molar-refractivity contribution in [1.29, 1.82) is 5.26 Å². The summed E-state index contributed by atoms with van der Waals surface area (Å²) in [5.41, 5.74) is 3.18. The molecule has 5 heteroatoms. The number of fused-ring (bicyclic) bond motifs is 1. The molecule has 0 saturated heterocycles. The van der Waals surface area contributed by atoms with Gasteiger partial charge in [0.1, 0.15) is 17.4 Å². The lowest BCUT2D eigenvalue weighted by atomic mass is 10.1. The highest BCUT2D eigenvalue weighted by Gasteiger charge is 2.23. The van der Waals surface area contributed by atoms with Crippen molar-refractivity contribution in [2.75, 3.05) is 18.1 Å². The third-order valence-corrected chi connectivity index (χ3v) is 3.74. The first-order chi connectivity index (χ1) is 10.2. The van der Waals surface area contributed by atoms with Gasteiger partial charge in [-0.15, -0.1) is 5.10 Å². The molecular formula is C16H16N4O. The highest BCUT2D eigenvalue weighted by atomic mass is 16.5. The maximum Gasteiger partial charge on any atom is 0.174 e. The van der Waals surface area contributed by atoms with Crippen LogP contribution in [0.15, 0.2) is 24.3 Å². The van der Waals surface area contributed by atoms with E-state index in [0.29, 0.717) is 18.0 Å². The largest absolute Gasteiger partial charge is 0.491 e. The second-order valence-corrected chi connectivity index (χ2v) is 5.04. The van der Waals surface area contributed by atoms with Gasteiger partial charge in [0.05, 0.1) is 18.0 Å². The van der Waals surface area contributed by atoms with Gasteiger partial charge in [-0.05, 0) is 38.0 Å². The molecule has 0 spiro atoms. The quantitative estimate of drug-likeness (QED) is 0.803. The fraction of sp³-hybridized carbons (Fsp3) is 0.312. The van der Waals surface area contributed by atoms with Gasteiger partial charge in [0.25, 0.3) is 0 Å². The second kappa shape index (κ2) is 5.41. The minimum atomic E-state index is 0.583. The van der Waals surface area contributed by atoms with Gasteiger partial charge in [0, 0.05) is 6.54 Å². The Bertz CT molecular complexity index is 721. The van der Waals surface area contributed by atoms with Crippen molar-refractivity contribution in [3.63, 3.8) is 0 Å². The molecule has 0 N–H and O–H groups in total. The summed E-state index contributed by atoms with van der Waals surface area (Å²) in [6.07, 6.45) is 0.869. The molecule has 0 fully saturated rings. The lowest BCUT2D eigenvalue weighted by Crippen LogP contribution is -2.21. The summed E-state index contributed by atoms with van der Waals surface area (Å²) < 4.78 is 5.75. The van der Waals surface area contributed by atoms with Crippen LogP contribution in [0.2, 0.25) is 0 Å². The van der Waals surface area contributed by atoms with Crippen LogP contribution < -0.4 is 9.64 Å². The molecule has 5 nitrogen and oxygen atoms in total. The number of nitriles is 1. The molecule has 1 aromatic carbocycles. The van der Waals surface area contributed by atoms with Crippen molar-refractivity contribution in [1.82, 2.24) is 10.2 Å². The van der Waals surface area contributed by atoms with Gasteiger partial charge in [-0.2, -0.15) is 10.4 Å². The molecule has 0 atom stereocenters. The number of aromatic nitrogens is 2. The van der Waals surface area contributed by atoms with Gasteiger partial charge in [0.15, 0.2) is 5.82 Å². The number of para-hydroxylation sites is 2. The summed E-state index contributed by atoms with van der Waals surface area (Å²) in [7, 11) is 0. The molecule has 1 aromatic heterocycles. The molecule has 2 heterocycles. The van der Waals surface area contributed by atoms with Crippen LogP contribution in [0.1, 0.15) is 23.2 Å². The summed E-state index contributed by atoms with van der Waals surface area (Å²) in [5.74, 6) is 1.43. The van der Waals surface area contributed by atoms with Gasteiger partial charge in [0.2, 0.25) is 0 Å². The number of ether oxygens (including phenoxy) is 1. The third kappa shape index (κ3) is 2.29. The van der Waals surface area contributed by atoms with Gasteiger partial charge in [-0.1, -0.05) is 12.1 Å². The van der Waals surface area contributed by atoms with E-state index in [1.807, 2.05) is 43.0 Å². The Balaban J connectivity index is 2.17. The van der Waals surface area contributed by atoms with Crippen LogP contribution in [0.4, 0.5) is 11.5 Å². The molecule has 21 heavy (non-hydrogen) atoms. The van der Waals surface area contributed by atoms with E-state index in [-0.39, 0.29) is 0 Å². The van der Waals surface area contributed by atoms with Gasteiger partial charge in [-0.25, -0.2) is 0 Å². The maximum atomic E-state index is 9.50. The zero-order valence-electron chi connectivity index (χ0n) is 12.1. The van der Waals surface area contributed by atoms with Crippen molar-refractivity contribution >= 4 is 11.5 Å². The van der Waals surface area contributed by atoms with Crippen molar-refractivity contribution in [2.24, 2.45) is 0 Å². The molecule has 0 bridgehead atoms. The van der Waals surface area contributed by atoms with E-state index in [1.54, 1.807) is 0 Å². The molecule has 0 radical (unpaired) electrons. The van der Waals surface area contributed by atoms with Crippen LogP contribution in [-0.4, -0.2) is 23.3 Å². The zero-order chi connectivity index (χ0) is 14.8. The first kappa shape index (κ1) is 13.4. The van der Waals surface area contributed by atoms with E-state index in [4.69, 9.17) is 4.74 Å². The van der Waals surface area contributed by atoms with Crippen molar-refractivity contribution < 1.29 is 4.74 Å². The molecule has 0 saturated carbocycles. The Morgan fingerprint density at radius 3 is 2.86 bits per heavy atom. The lowest BCUT2D eigenvalue weighted by Gasteiger charge is -2.23. The first-order valence-corrected chi connectivity index (χ1v) is 6.95. The predicted molar refractivity (Wildman–Crippen MR) is 79.8 cm³/mol. The minimum absolute atomic E-state index is 0.583. The number of benzene rings is 1. The van der Waals surface area contributed by atoms with E-state index in [2.05, 4.69) is 16.3 Å². The Hall–Kier alpha value is -2.61. The van der Waals surface area contributed by atoms with E-state index in [1.165, 1.54) is 0 Å². The molecule has 0 aliphatic carbocycles. The van der Waals surface area contributed by atoms with Crippen LogP contribution in [0.25, 0.3) is 0 Å². The molecule has 0 unspecified atom stereocenters. The number of rotatable bonds is 1. The molecule has 1 aliphatic heterocycles. The van der Waals surface area contributed by atoms with E-state index in [0.717, 1.165) is 35.7 Å². The fourth-order valence-corrected chi connectivity index (χ4v) is 2.47. The number of hydrogen-bond acceptors (Lipinski definition) is 5. The standard InChI is InChI=1S/C16H16N4O/c1-11-12(2)18-19-16(13(11)10-17)20-8-5-9-21-15-7-4-3-6-14(15)20/h3-4,6-7H,5,8-9H2,1-2H3. The van der Waals surface area contributed by atoms with Gasteiger partial charge in [-0.3, -0.25) is 0 Å². The molecule has 2 aromatic rings. The number of hydrogen-bond donors (Lipinski definition) is 0. The lowest BCUT2D eigenvalue weighted by molar-refractivity contribution is 0.322. The number of aryl methyl sites for hydroxylation is 1. The predicted octanol–water partition coefficient (Wildman–Crippen LogP) is 2.89. The van der Waals surface area contributed by atoms with E-state index in [9.17, 15) is 5.26 Å². The molecule has 106 valence electrons. The smallest absolute Gasteiger partial charge is 0.174 e. The average Bonchev–Trinajstić information content (AvgIpc) is 2.72. The summed E-state index contributed by atoms with van der Waals surface area (Å²) in [6.45, 7) is 5.19. The topological polar surface area (TPSA) is 62.0 Å². The van der Waals surface area contributed by atoms with Crippen LogP contribution in [0.5, 0.6) is 5.75 Å². The summed E-state index contributed by atoms with van der Waals surface area (Å²) in [4.78, 5) is 2.03. The van der Waals surface area contributed by atoms with Crippen molar-refractivity contribution in [3.05, 3.63) is 41.1 Å². The number of nitrogens with zero attached hydrogens (tertiary/aromatic N) is 4. The third-order valence-electron chi connectivity index (χ3n) is 3.74. The molecule has 3 rings (SSSR count). The maximum absolute atomic E-state index is 9.50. The first-order valence-electron chi connectivity index (χ1n) is 6.95. The molecule has 0 amide bonds. The molecule has 1 aliphatic rings. The summed E-state index contributed by atoms with van der Waals surface area (Å²) in [5, 5.41) is 18.0. The van der Waals surface area contributed by atoms with Crippen LogP contribution in [0, 0.1) is 25.2 Å². The summed E-state index contributed by atoms with van der Waals surface area (Å²) >= 11 is 0. The Labute approximate surface area is 123 Å².